The number of hydrogen-bond acceptors (Lipinski definition) is 1. The molecular weight excluding hydrogens is 245 g/mol. The van der Waals surface area contributed by atoms with Crippen LogP contribution >= 0.6 is 23.2 Å². The van der Waals surface area contributed by atoms with Crippen molar-refractivity contribution in [3.8, 4) is 0 Å². The van der Waals surface area contributed by atoms with Crippen molar-refractivity contribution in [1.82, 2.24) is 4.90 Å². The normalized spacial score (nSPS) is 16.6. The molecule has 0 saturated carbocycles. The number of piperidine rings is 1. The van der Waals surface area contributed by atoms with Crippen molar-refractivity contribution in [2.75, 3.05) is 6.54 Å². The molecule has 0 atom stereocenters. The van der Waals surface area contributed by atoms with Crippen LogP contribution in [0, 0.1) is 0 Å². The van der Waals surface area contributed by atoms with Crippen LogP contribution < -0.4 is 0 Å². The van der Waals surface area contributed by atoms with Gasteiger partial charge in [-0.2, -0.15) is 0 Å². The lowest BCUT2D eigenvalue weighted by Crippen LogP contribution is -2.34. The van der Waals surface area contributed by atoms with Gasteiger partial charge in [-0.3, -0.25) is 4.79 Å². The molecule has 0 N–H and O–H groups in total. The highest BCUT2D eigenvalue weighted by atomic mass is 35.5. The number of amides is 1. The predicted octanol–water partition coefficient (Wildman–Crippen LogP) is 3.51. The number of carbonyl (C=O) groups excluding carboxylic acids is 1. The van der Waals surface area contributed by atoms with Crippen LogP contribution in [-0.4, -0.2) is 17.4 Å². The molecule has 0 spiro atoms. The molecule has 1 aliphatic rings. The Labute approximate surface area is 105 Å². The van der Waals surface area contributed by atoms with Crippen LogP contribution in [0.2, 0.25) is 10.0 Å². The SMILES string of the molecule is O=C1CCCCN1Cc1cc(Cl)cc(Cl)c1. The van der Waals surface area contributed by atoms with E-state index in [4.69, 9.17) is 23.2 Å². The van der Waals surface area contributed by atoms with E-state index in [0.29, 0.717) is 23.0 Å². The van der Waals surface area contributed by atoms with E-state index in [1.54, 1.807) is 6.07 Å². The molecule has 1 saturated heterocycles. The minimum absolute atomic E-state index is 0.224. The molecule has 0 aliphatic carbocycles. The Bertz CT molecular complexity index is 386. The maximum Gasteiger partial charge on any atom is 0.222 e. The molecule has 86 valence electrons. The highest BCUT2D eigenvalue weighted by Gasteiger charge is 2.18. The lowest BCUT2D eigenvalue weighted by atomic mass is 10.1. The van der Waals surface area contributed by atoms with Crippen molar-refractivity contribution in [2.45, 2.75) is 25.8 Å². The third-order valence-corrected chi connectivity index (χ3v) is 3.15. The molecule has 1 aromatic rings. The molecular formula is C12H13Cl2NO. The minimum Gasteiger partial charge on any atom is -0.338 e. The molecule has 1 aromatic carbocycles. The molecule has 0 unspecified atom stereocenters. The van der Waals surface area contributed by atoms with Gasteiger partial charge in [-0.25, -0.2) is 0 Å². The monoisotopic (exact) mass is 257 g/mol. The second-order valence-electron chi connectivity index (χ2n) is 4.05. The van der Waals surface area contributed by atoms with Gasteiger partial charge in [0.15, 0.2) is 0 Å². The van der Waals surface area contributed by atoms with E-state index < -0.39 is 0 Å². The summed E-state index contributed by atoms with van der Waals surface area (Å²) < 4.78 is 0. The van der Waals surface area contributed by atoms with Gasteiger partial charge in [-0.15, -0.1) is 0 Å². The van der Waals surface area contributed by atoms with Crippen LogP contribution in [0.15, 0.2) is 18.2 Å². The summed E-state index contributed by atoms with van der Waals surface area (Å²) >= 11 is 11.8. The van der Waals surface area contributed by atoms with Crippen LogP contribution in [0.5, 0.6) is 0 Å². The summed E-state index contributed by atoms with van der Waals surface area (Å²) in [5, 5.41) is 1.24. The van der Waals surface area contributed by atoms with Crippen LogP contribution in [0.3, 0.4) is 0 Å². The number of likely N-dealkylation sites (tertiary alicyclic amines) is 1. The van der Waals surface area contributed by atoms with E-state index in [9.17, 15) is 4.79 Å². The van der Waals surface area contributed by atoms with Crippen molar-refractivity contribution in [2.24, 2.45) is 0 Å². The van der Waals surface area contributed by atoms with Gasteiger partial charge < -0.3 is 4.90 Å². The summed E-state index contributed by atoms with van der Waals surface area (Å²) in [7, 11) is 0. The highest BCUT2D eigenvalue weighted by Crippen LogP contribution is 2.21. The number of carbonyl (C=O) groups is 1. The van der Waals surface area contributed by atoms with Crippen molar-refractivity contribution in [3.05, 3.63) is 33.8 Å². The van der Waals surface area contributed by atoms with Gasteiger partial charge in [0.1, 0.15) is 0 Å². The molecule has 16 heavy (non-hydrogen) atoms. The van der Waals surface area contributed by atoms with Crippen LogP contribution in [0.1, 0.15) is 24.8 Å². The maximum atomic E-state index is 11.6. The number of benzene rings is 1. The van der Waals surface area contributed by atoms with E-state index in [0.717, 1.165) is 24.9 Å². The Morgan fingerprint density at radius 3 is 2.44 bits per heavy atom. The van der Waals surface area contributed by atoms with Crippen LogP contribution in [-0.2, 0) is 11.3 Å². The third kappa shape index (κ3) is 2.89. The number of hydrogen-bond donors (Lipinski definition) is 0. The summed E-state index contributed by atoms with van der Waals surface area (Å²) in [5.41, 5.74) is 0.993. The fourth-order valence-electron chi connectivity index (χ4n) is 1.95. The van der Waals surface area contributed by atoms with Gasteiger partial charge >= 0.3 is 0 Å². The Morgan fingerprint density at radius 2 is 1.81 bits per heavy atom. The first kappa shape index (κ1) is 11.7. The molecule has 4 heteroatoms. The van der Waals surface area contributed by atoms with Crippen LogP contribution in [0.4, 0.5) is 0 Å². The van der Waals surface area contributed by atoms with Gasteiger partial charge in [0.05, 0.1) is 0 Å². The summed E-state index contributed by atoms with van der Waals surface area (Å²) in [6, 6.07) is 5.41. The van der Waals surface area contributed by atoms with Crippen LogP contribution in [0.25, 0.3) is 0 Å². The zero-order chi connectivity index (χ0) is 11.5. The number of halogens is 2. The molecule has 0 radical (unpaired) electrons. The van der Waals surface area contributed by atoms with E-state index in [1.807, 2.05) is 17.0 Å². The quantitative estimate of drug-likeness (QED) is 0.794. The van der Waals surface area contributed by atoms with E-state index >= 15 is 0 Å². The lowest BCUT2D eigenvalue weighted by molar-refractivity contribution is -0.133. The summed E-state index contributed by atoms with van der Waals surface area (Å²) in [6.07, 6.45) is 2.75. The zero-order valence-corrected chi connectivity index (χ0v) is 10.4. The zero-order valence-electron chi connectivity index (χ0n) is 8.88. The van der Waals surface area contributed by atoms with Crippen molar-refractivity contribution < 1.29 is 4.79 Å². The molecule has 0 bridgehead atoms. The van der Waals surface area contributed by atoms with E-state index in [1.165, 1.54) is 0 Å². The maximum absolute atomic E-state index is 11.6. The molecule has 0 aromatic heterocycles. The van der Waals surface area contributed by atoms with E-state index in [-0.39, 0.29) is 5.91 Å². The van der Waals surface area contributed by atoms with Gasteiger partial charge in [-0.1, -0.05) is 23.2 Å². The van der Waals surface area contributed by atoms with Gasteiger partial charge in [0, 0.05) is 29.6 Å². The molecule has 2 rings (SSSR count). The molecule has 2 nitrogen and oxygen atoms in total. The summed E-state index contributed by atoms with van der Waals surface area (Å²) in [5.74, 6) is 0.224. The topological polar surface area (TPSA) is 20.3 Å². The standard InChI is InChI=1S/C12H13Cl2NO/c13-10-5-9(6-11(14)7-10)8-15-4-2-1-3-12(15)16/h5-7H,1-4,8H2. The highest BCUT2D eigenvalue weighted by molar-refractivity contribution is 6.34. The molecule has 1 heterocycles. The Kier molecular flexibility index (Phi) is 3.72. The summed E-state index contributed by atoms with van der Waals surface area (Å²) in [6.45, 7) is 1.45. The molecule has 1 fully saturated rings. The Balaban J connectivity index is 2.10. The third-order valence-electron chi connectivity index (χ3n) is 2.72. The van der Waals surface area contributed by atoms with Gasteiger partial charge in [-0.05, 0) is 36.6 Å². The first-order chi connectivity index (χ1) is 7.65. The molecule has 1 aliphatic heterocycles. The largest absolute Gasteiger partial charge is 0.338 e. The Hall–Kier alpha value is -0.730. The fourth-order valence-corrected chi connectivity index (χ4v) is 2.52. The number of nitrogens with zero attached hydrogens (tertiary/aromatic N) is 1. The average Bonchev–Trinajstić information content (AvgIpc) is 2.20. The first-order valence-electron chi connectivity index (χ1n) is 5.38. The van der Waals surface area contributed by atoms with Crippen molar-refractivity contribution >= 4 is 29.1 Å². The molecule has 1 amide bonds. The minimum atomic E-state index is 0.224. The van der Waals surface area contributed by atoms with Crippen molar-refractivity contribution in [1.29, 1.82) is 0 Å². The van der Waals surface area contributed by atoms with Crippen molar-refractivity contribution in [3.63, 3.8) is 0 Å². The van der Waals surface area contributed by atoms with E-state index in [2.05, 4.69) is 0 Å². The fraction of sp³-hybridized carbons (Fsp3) is 0.417. The second-order valence-corrected chi connectivity index (χ2v) is 4.92. The second kappa shape index (κ2) is 5.07. The van der Waals surface area contributed by atoms with Gasteiger partial charge in [0.25, 0.3) is 0 Å². The first-order valence-corrected chi connectivity index (χ1v) is 6.13. The number of rotatable bonds is 2. The Morgan fingerprint density at radius 1 is 1.12 bits per heavy atom. The lowest BCUT2D eigenvalue weighted by Gasteiger charge is -2.26. The average molecular weight is 258 g/mol. The smallest absolute Gasteiger partial charge is 0.222 e. The van der Waals surface area contributed by atoms with Gasteiger partial charge in [0.2, 0.25) is 5.91 Å². The summed E-state index contributed by atoms with van der Waals surface area (Å²) in [4.78, 5) is 13.5. The predicted molar refractivity (Wildman–Crippen MR) is 65.7 cm³/mol.